The number of carbonyl (C=O) groups excluding carboxylic acids is 5. The van der Waals surface area contributed by atoms with Crippen molar-refractivity contribution in [3.63, 3.8) is 0 Å². The Morgan fingerprint density at radius 3 is 2.50 bits per heavy atom. The van der Waals surface area contributed by atoms with Crippen LogP contribution >= 0.6 is 0 Å². The van der Waals surface area contributed by atoms with Gasteiger partial charge in [-0.1, -0.05) is 33.1 Å². The monoisotopic (exact) mass is 506 g/mol. The molecule has 4 amide bonds. The van der Waals surface area contributed by atoms with E-state index in [-0.39, 0.29) is 42.6 Å². The van der Waals surface area contributed by atoms with E-state index in [9.17, 15) is 24.0 Å². The SMILES string of the molecule is CC(C)C[C@H](NC(=O)OCC1CC(=O)N(CC2CCCCC2)C1)C(=O)N[C@H](C=O)C[C@@H]1CCNC1=O. The van der Waals surface area contributed by atoms with Gasteiger partial charge in [0.1, 0.15) is 12.3 Å². The molecule has 2 saturated heterocycles. The molecule has 0 spiro atoms. The standard InChI is InChI=1S/C26H42N4O6/c1-17(2)10-22(25(34)28-21(15-31)12-20-8-9-27-24(20)33)29-26(35)36-16-19-11-23(32)30(14-19)13-18-6-4-3-5-7-18/h15,17-22H,3-14,16H2,1-2H3,(H,27,33)(H,28,34)(H,29,35)/t19?,20-,21-,22-/m0/s1. The summed E-state index contributed by atoms with van der Waals surface area (Å²) in [6.45, 7) is 5.92. The van der Waals surface area contributed by atoms with Crippen molar-refractivity contribution in [1.29, 1.82) is 0 Å². The molecular formula is C26H42N4O6. The number of likely N-dealkylation sites (tertiary alicyclic amines) is 1. The summed E-state index contributed by atoms with van der Waals surface area (Å²) in [5.41, 5.74) is 0. The lowest BCUT2D eigenvalue weighted by Gasteiger charge is -2.27. The van der Waals surface area contributed by atoms with Gasteiger partial charge in [-0.3, -0.25) is 14.4 Å². The third-order valence-electron chi connectivity index (χ3n) is 7.46. The van der Waals surface area contributed by atoms with Crippen LogP contribution in [0.5, 0.6) is 0 Å². The Labute approximate surface area is 213 Å². The summed E-state index contributed by atoms with van der Waals surface area (Å²) in [6.07, 6.45) is 7.59. The summed E-state index contributed by atoms with van der Waals surface area (Å²) in [6, 6.07) is -1.68. The first-order valence-corrected chi connectivity index (χ1v) is 13.5. The van der Waals surface area contributed by atoms with E-state index in [2.05, 4.69) is 16.0 Å². The van der Waals surface area contributed by atoms with Crippen molar-refractivity contribution < 1.29 is 28.7 Å². The van der Waals surface area contributed by atoms with Crippen molar-refractivity contribution in [3.05, 3.63) is 0 Å². The van der Waals surface area contributed by atoms with E-state index >= 15 is 0 Å². The van der Waals surface area contributed by atoms with Crippen molar-refractivity contribution >= 4 is 30.1 Å². The number of hydrogen-bond acceptors (Lipinski definition) is 6. The molecule has 1 saturated carbocycles. The maximum atomic E-state index is 12.9. The van der Waals surface area contributed by atoms with E-state index in [0.29, 0.717) is 44.6 Å². The Kier molecular flexibility index (Phi) is 10.6. The van der Waals surface area contributed by atoms with E-state index in [0.717, 1.165) is 6.54 Å². The Bertz CT molecular complexity index is 797. The molecule has 0 aromatic rings. The second-order valence-corrected chi connectivity index (χ2v) is 11.1. The highest BCUT2D eigenvalue weighted by molar-refractivity contribution is 5.88. The second kappa shape index (κ2) is 13.6. The lowest BCUT2D eigenvalue weighted by molar-refractivity contribution is -0.128. The molecule has 10 heteroatoms. The zero-order valence-electron chi connectivity index (χ0n) is 21.6. The Morgan fingerprint density at radius 2 is 1.86 bits per heavy atom. The highest BCUT2D eigenvalue weighted by atomic mass is 16.5. The molecular weight excluding hydrogens is 464 g/mol. The summed E-state index contributed by atoms with van der Waals surface area (Å²) in [5, 5.41) is 8.01. The third kappa shape index (κ3) is 8.48. The first kappa shape index (κ1) is 27.9. The first-order valence-electron chi connectivity index (χ1n) is 13.5. The van der Waals surface area contributed by atoms with Gasteiger partial charge in [0.25, 0.3) is 0 Å². The lowest BCUT2D eigenvalue weighted by Crippen LogP contribution is -2.51. The number of ether oxygens (including phenoxy) is 1. The summed E-state index contributed by atoms with van der Waals surface area (Å²) >= 11 is 0. The molecule has 36 heavy (non-hydrogen) atoms. The molecule has 3 N–H and O–H groups in total. The van der Waals surface area contributed by atoms with Gasteiger partial charge in [0.2, 0.25) is 17.7 Å². The van der Waals surface area contributed by atoms with Crippen LogP contribution in [0.4, 0.5) is 4.79 Å². The predicted octanol–water partition coefficient (Wildman–Crippen LogP) is 1.77. The van der Waals surface area contributed by atoms with E-state index < -0.39 is 24.1 Å². The van der Waals surface area contributed by atoms with Gasteiger partial charge in [0.15, 0.2) is 0 Å². The molecule has 202 valence electrons. The first-order chi connectivity index (χ1) is 17.2. The number of aldehydes is 1. The molecule has 3 fully saturated rings. The molecule has 2 aliphatic heterocycles. The van der Waals surface area contributed by atoms with Crippen LogP contribution in [0.25, 0.3) is 0 Å². The molecule has 1 aliphatic carbocycles. The fourth-order valence-corrected chi connectivity index (χ4v) is 5.51. The second-order valence-electron chi connectivity index (χ2n) is 11.1. The minimum atomic E-state index is -0.870. The number of alkyl carbamates (subject to hydrolysis) is 1. The highest BCUT2D eigenvalue weighted by Gasteiger charge is 2.33. The molecule has 1 unspecified atom stereocenters. The summed E-state index contributed by atoms with van der Waals surface area (Å²) in [7, 11) is 0. The van der Waals surface area contributed by atoms with Crippen molar-refractivity contribution in [2.75, 3.05) is 26.2 Å². The van der Waals surface area contributed by atoms with Crippen LogP contribution in [0.2, 0.25) is 0 Å². The van der Waals surface area contributed by atoms with Crippen LogP contribution in [-0.2, 0) is 23.9 Å². The number of nitrogens with one attached hydrogen (secondary N) is 3. The minimum Gasteiger partial charge on any atom is -0.449 e. The van der Waals surface area contributed by atoms with E-state index in [1.807, 2.05) is 18.7 Å². The van der Waals surface area contributed by atoms with Crippen LogP contribution in [0.15, 0.2) is 0 Å². The van der Waals surface area contributed by atoms with Crippen molar-refractivity contribution in [2.45, 2.75) is 83.7 Å². The van der Waals surface area contributed by atoms with Crippen molar-refractivity contribution in [2.24, 2.45) is 23.7 Å². The molecule has 2 heterocycles. The molecule has 3 rings (SSSR count). The van der Waals surface area contributed by atoms with Gasteiger partial charge in [0, 0.05) is 37.9 Å². The maximum Gasteiger partial charge on any atom is 0.407 e. The third-order valence-corrected chi connectivity index (χ3v) is 7.46. The molecule has 0 aromatic heterocycles. The Morgan fingerprint density at radius 1 is 1.11 bits per heavy atom. The fourth-order valence-electron chi connectivity index (χ4n) is 5.51. The molecule has 10 nitrogen and oxygen atoms in total. The van der Waals surface area contributed by atoms with Crippen LogP contribution < -0.4 is 16.0 Å². The molecule has 0 bridgehead atoms. The van der Waals surface area contributed by atoms with Crippen LogP contribution in [0, 0.1) is 23.7 Å². The van der Waals surface area contributed by atoms with Crippen LogP contribution in [-0.4, -0.2) is 73.3 Å². The summed E-state index contributed by atoms with van der Waals surface area (Å²) in [4.78, 5) is 63.1. The van der Waals surface area contributed by atoms with Gasteiger partial charge >= 0.3 is 6.09 Å². The zero-order chi connectivity index (χ0) is 26.1. The predicted molar refractivity (Wildman–Crippen MR) is 133 cm³/mol. The van der Waals surface area contributed by atoms with Gasteiger partial charge in [-0.15, -0.1) is 0 Å². The van der Waals surface area contributed by atoms with Crippen molar-refractivity contribution in [1.82, 2.24) is 20.9 Å². The molecule has 0 aromatic carbocycles. The quantitative estimate of drug-likeness (QED) is 0.346. The lowest BCUT2D eigenvalue weighted by atomic mass is 9.89. The number of amides is 4. The normalized spacial score (nSPS) is 24.4. The molecule has 0 radical (unpaired) electrons. The number of rotatable bonds is 12. The largest absolute Gasteiger partial charge is 0.449 e. The average molecular weight is 507 g/mol. The average Bonchev–Trinajstić information content (AvgIpc) is 3.41. The highest BCUT2D eigenvalue weighted by Crippen LogP contribution is 2.27. The van der Waals surface area contributed by atoms with Gasteiger partial charge in [0.05, 0.1) is 12.6 Å². The fraction of sp³-hybridized carbons (Fsp3) is 0.808. The Balaban J connectivity index is 1.45. The van der Waals surface area contributed by atoms with Gasteiger partial charge in [-0.2, -0.15) is 0 Å². The van der Waals surface area contributed by atoms with E-state index in [4.69, 9.17) is 4.74 Å². The number of nitrogens with zero attached hydrogens (tertiary/aromatic N) is 1. The topological polar surface area (TPSA) is 134 Å². The molecule has 3 aliphatic rings. The van der Waals surface area contributed by atoms with Gasteiger partial charge in [-0.05, 0) is 43.9 Å². The number of carbonyl (C=O) groups is 5. The number of hydrogen-bond donors (Lipinski definition) is 3. The van der Waals surface area contributed by atoms with Crippen LogP contribution in [0.3, 0.4) is 0 Å². The Hall–Kier alpha value is -2.65. The minimum absolute atomic E-state index is 0.0544. The molecule has 4 atom stereocenters. The summed E-state index contributed by atoms with van der Waals surface area (Å²) in [5.74, 6) is -0.168. The zero-order valence-corrected chi connectivity index (χ0v) is 21.6. The van der Waals surface area contributed by atoms with E-state index in [1.165, 1.54) is 32.1 Å². The van der Waals surface area contributed by atoms with Crippen molar-refractivity contribution in [3.8, 4) is 0 Å². The smallest absolute Gasteiger partial charge is 0.407 e. The summed E-state index contributed by atoms with van der Waals surface area (Å²) < 4.78 is 5.40. The van der Waals surface area contributed by atoms with Gasteiger partial charge < -0.3 is 30.4 Å². The van der Waals surface area contributed by atoms with Gasteiger partial charge in [-0.25, -0.2) is 4.79 Å². The van der Waals surface area contributed by atoms with Crippen LogP contribution in [0.1, 0.15) is 71.6 Å². The van der Waals surface area contributed by atoms with E-state index in [1.54, 1.807) is 0 Å². The maximum absolute atomic E-state index is 12.9.